The summed E-state index contributed by atoms with van der Waals surface area (Å²) in [5.41, 5.74) is 8.63. The lowest BCUT2D eigenvalue weighted by Gasteiger charge is -2.45. The van der Waals surface area contributed by atoms with Gasteiger partial charge in [0.15, 0.2) is 9.84 Å². The van der Waals surface area contributed by atoms with Crippen LogP contribution in [0.4, 0.5) is 5.69 Å². The van der Waals surface area contributed by atoms with Gasteiger partial charge in [-0.15, -0.1) is 6.58 Å². The van der Waals surface area contributed by atoms with Crippen LogP contribution in [0.2, 0.25) is 0 Å². The van der Waals surface area contributed by atoms with Crippen molar-refractivity contribution in [2.24, 2.45) is 5.73 Å². The third-order valence-electron chi connectivity index (χ3n) is 7.79. The van der Waals surface area contributed by atoms with Crippen molar-refractivity contribution < 1.29 is 17.9 Å². The van der Waals surface area contributed by atoms with Crippen LogP contribution in [-0.4, -0.2) is 32.7 Å². The molecule has 0 bridgehead atoms. The molecule has 3 aromatic rings. The molecule has 1 aliphatic heterocycles. The van der Waals surface area contributed by atoms with E-state index in [-0.39, 0.29) is 6.61 Å². The number of sulfone groups is 1. The standard InChI is InChI=1S/C30H32N2O4S/c1-2-3-13-27(22-10-5-4-6-11-22)37(34,35)28-17-15-21-9-7-8-12-24(21)30(28)19-32-25-18-23(29(31)33)14-16-26(25)36-20-30/h2,4-12,14,16,18,27-28,32H,1,3,13,15,17,19-20H2,(H2,31,33)/t27-,28?,30?/m0/s1. The molecule has 0 saturated carbocycles. The van der Waals surface area contributed by atoms with Crippen molar-refractivity contribution in [3.05, 3.63) is 108 Å². The van der Waals surface area contributed by atoms with Crippen molar-refractivity contribution in [2.45, 2.75) is 41.6 Å². The Morgan fingerprint density at radius 1 is 1.14 bits per heavy atom. The van der Waals surface area contributed by atoms with E-state index in [1.165, 1.54) is 0 Å². The van der Waals surface area contributed by atoms with E-state index >= 15 is 0 Å². The Bertz CT molecular complexity index is 1420. The van der Waals surface area contributed by atoms with Gasteiger partial charge in [-0.1, -0.05) is 60.7 Å². The molecule has 1 spiro atoms. The molecule has 3 aromatic carbocycles. The molecule has 2 unspecified atom stereocenters. The van der Waals surface area contributed by atoms with Gasteiger partial charge in [0.05, 0.1) is 21.6 Å². The van der Waals surface area contributed by atoms with Crippen molar-refractivity contribution in [2.75, 3.05) is 18.5 Å². The molecule has 1 heterocycles. The summed E-state index contributed by atoms with van der Waals surface area (Å²) in [6, 6.07) is 22.6. The van der Waals surface area contributed by atoms with E-state index in [4.69, 9.17) is 10.5 Å². The number of fused-ring (bicyclic) bond motifs is 3. The molecule has 2 aliphatic rings. The summed E-state index contributed by atoms with van der Waals surface area (Å²) < 4.78 is 35.6. The van der Waals surface area contributed by atoms with E-state index in [0.717, 1.165) is 16.7 Å². The summed E-state index contributed by atoms with van der Waals surface area (Å²) >= 11 is 0. The molecule has 7 heteroatoms. The van der Waals surface area contributed by atoms with Gasteiger partial charge in [-0.3, -0.25) is 4.79 Å². The summed E-state index contributed by atoms with van der Waals surface area (Å²) in [4.78, 5) is 11.8. The van der Waals surface area contributed by atoms with Crippen molar-refractivity contribution >= 4 is 21.4 Å². The summed E-state index contributed by atoms with van der Waals surface area (Å²) in [7, 11) is -3.67. The van der Waals surface area contributed by atoms with Crippen LogP contribution < -0.4 is 15.8 Å². The molecule has 0 radical (unpaired) electrons. The quantitative estimate of drug-likeness (QED) is 0.432. The van der Waals surface area contributed by atoms with Crippen LogP contribution in [0.15, 0.2) is 85.5 Å². The molecule has 5 rings (SSSR count). The first kappa shape index (κ1) is 25.1. The molecular formula is C30H32N2O4S. The first-order valence-electron chi connectivity index (χ1n) is 12.6. The van der Waals surface area contributed by atoms with E-state index in [1.54, 1.807) is 24.3 Å². The average Bonchev–Trinajstić information content (AvgIpc) is 3.09. The summed E-state index contributed by atoms with van der Waals surface area (Å²) in [6.07, 6.45) is 4.04. The maximum atomic E-state index is 14.6. The number of carbonyl (C=O) groups is 1. The molecule has 3 atom stereocenters. The fraction of sp³-hybridized carbons (Fsp3) is 0.300. The average molecular weight is 517 g/mol. The minimum absolute atomic E-state index is 0.201. The van der Waals surface area contributed by atoms with Gasteiger partial charge in [0, 0.05) is 12.1 Å². The third kappa shape index (κ3) is 4.53. The van der Waals surface area contributed by atoms with Gasteiger partial charge in [-0.2, -0.15) is 0 Å². The number of rotatable bonds is 7. The zero-order valence-corrected chi connectivity index (χ0v) is 21.5. The highest BCUT2D eigenvalue weighted by atomic mass is 32.2. The summed E-state index contributed by atoms with van der Waals surface area (Å²) in [6.45, 7) is 4.39. The molecule has 37 heavy (non-hydrogen) atoms. The number of anilines is 1. The third-order valence-corrected chi connectivity index (χ3v) is 10.6. The Morgan fingerprint density at radius 2 is 1.89 bits per heavy atom. The van der Waals surface area contributed by atoms with E-state index in [2.05, 4.69) is 18.0 Å². The molecule has 0 fully saturated rings. The number of ether oxygens (including phenoxy) is 1. The van der Waals surface area contributed by atoms with Gasteiger partial charge in [0.2, 0.25) is 5.91 Å². The van der Waals surface area contributed by atoms with E-state index in [1.807, 2.05) is 48.5 Å². The fourth-order valence-electron chi connectivity index (χ4n) is 5.93. The Morgan fingerprint density at radius 3 is 2.65 bits per heavy atom. The molecule has 0 aromatic heterocycles. The normalized spacial score (nSPS) is 21.5. The largest absolute Gasteiger partial charge is 0.490 e. The Balaban J connectivity index is 1.61. The predicted molar refractivity (Wildman–Crippen MR) is 147 cm³/mol. The minimum Gasteiger partial charge on any atom is -0.490 e. The van der Waals surface area contributed by atoms with Crippen LogP contribution in [0, 0.1) is 0 Å². The second-order valence-electron chi connectivity index (χ2n) is 9.91. The van der Waals surface area contributed by atoms with E-state index < -0.39 is 31.7 Å². The number of carbonyl (C=O) groups excluding carboxylic acids is 1. The van der Waals surface area contributed by atoms with E-state index in [0.29, 0.717) is 49.2 Å². The fourth-order valence-corrected chi connectivity index (χ4v) is 8.68. The number of nitrogens with two attached hydrogens (primary N) is 1. The van der Waals surface area contributed by atoms with Gasteiger partial charge >= 0.3 is 0 Å². The summed E-state index contributed by atoms with van der Waals surface area (Å²) in [5, 5.41) is 2.12. The second kappa shape index (κ2) is 10.1. The first-order valence-corrected chi connectivity index (χ1v) is 14.3. The molecule has 6 nitrogen and oxygen atoms in total. The molecule has 3 N–H and O–H groups in total. The van der Waals surface area contributed by atoms with Crippen molar-refractivity contribution in [1.82, 2.24) is 0 Å². The second-order valence-corrected chi connectivity index (χ2v) is 12.2. The van der Waals surface area contributed by atoms with E-state index in [9.17, 15) is 13.2 Å². The Labute approximate surface area is 218 Å². The number of allylic oxidation sites excluding steroid dienone is 1. The van der Waals surface area contributed by atoms with Gasteiger partial charge in [0.1, 0.15) is 12.4 Å². The smallest absolute Gasteiger partial charge is 0.248 e. The number of aryl methyl sites for hydroxylation is 1. The molecule has 1 amide bonds. The summed E-state index contributed by atoms with van der Waals surface area (Å²) in [5.74, 6) is 0.0484. The van der Waals surface area contributed by atoms with Gasteiger partial charge in [-0.05, 0) is 60.6 Å². The Kier molecular flexibility index (Phi) is 6.82. The van der Waals surface area contributed by atoms with Crippen molar-refractivity contribution in [3.8, 4) is 5.75 Å². The van der Waals surface area contributed by atoms with Gasteiger partial charge < -0.3 is 15.8 Å². The number of hydrogen-bond acceptors (Lipinski definition) is 5. The highest BCUT2D eigenvalue weighted by Crippen LogP contribution is 2.47. The topological polar surface area (TPSA) is 98.5 Å². The SMILES string of the molecule is C=CCC[C@@H](c1ccccc1)S(=O)(=O)C1CCc2ccccc2C12CNc1cc(C(N)=O)ccc1OC2. The zero-order chi connectivity index (χ0) is 26.0. The van der Waals surface area contributed by atoms with Crippen LogP contribution in [0.1, 0.15) is 51.6 Å². The zero-order valence-electron chi connectivity index (χ0n) is 20.7. The molecule has 1 aliphatic carbocycles. The lowest BCUT2D eigenvalue weighted by molar-refractivity contribution is 0.1000. The monoisotopic (exact) mass is 516 g/mol. The first-order chi connectivity index (χ1) is 17.9. The lowest BCUT2D eigenvalue weighted by atomic mass is 9.70. The molecular weight excluding hydrogens is 484 g/mol. The van der Waals surface area contributed by atoms with Crippen LogP contribution in [0.3, 0.4) is 0 Å². The molecule has 0 saturated heterocycles. The van der Waals surface area contributed by atoms with Crippen LogP contribution in [-0.2, 0) is 21.7 Å². The number of benzene rings is 3. The van der Waals surface area contributed by atoms with Crippen molar-refractivity contribution in [1.29, 1.82) is 0 Å². The maximum absolute atomic E-state index is 14.6. The van der Waals surface area contributed by atoms with Crippen LogP contribution in [0.5, 0.6) is 5.75 Å². The van der Waals surface area contributed by atoms with Gasteiger partial charge in [-0.25, -0.2) is 8.42 Å². The lowest BCUT2D eigenvalue weighted by Crippen LogP contribution is -2.55. The molecule has 192 valence electrons. The number of hydrogen-bond donors (Lipinski definition) is 2. The number of nitrogens with one attached hydrogen (secondary N) is 1. The van der Waals surface area contributed by atoms with Gasteiger partial charge in [0.25, 0.3) is 0 Å². The maximum Gasteiger partial charge on any atom is 0.248 e. The number of amides is 1. The highest BCUT2D eigenvalue weighted by molar-refractivity contribution is 7.92. The van der Waals surface area contributed by atoms with Crippen LogP contribution >= 0.6 is 0 Å². The van der Waals surface area contributed by atoms with Crippen molar-refractivity contribution in [3.63, 3.8) is 0 Å². The van der Waals surface area contributed by atoms with Crippen LogP contribution in [0.25, 0.3) is 0 Å². The Hall–Kier alpha value is -3.58. The number of primary amides is 1. The minimum atomic E-state index is -3.67. The highest BCUT2D eigenvalue weighted by Gasteiger charge is 2.53. The predicted octanol–water partition coefficient (Wildman–Crippen LogP) is 4.96.